The van der Waals surface area contributed by atoms with Crippen molar-refractivity contribution in [2.75, 3.05) is 37.6 Å². The molecule has 4 heteroatoms. The smallest absolute Gasteiger partial charge is 0.150 e. The van der Waals surface area contributed by atoms with E-state index < -0.39 is 0 Å². The lowest BCUT2D eigenvalue weighted by atomic mass is 10.2. The lowest BCUT2D eigenvalue weighted by Crippen LogP contribution is -2.46. The van der Waals surface area contributed by atoms with Gasteiger partial charge in [0.2, 0.25) is 0 Å². The number of fused-ring (bicyclic) bond motifs is 1. The minimum absolute atomic E-state index is 0.982. The minimum atomic E-state index is 0.982. The average Bonchev–Trinajstić information content (AvgIpc) is 2.47. The van der Waals surface area contributed by atoms with E-state index in [0.717, 1.165) is 55.3 Å². The molecule has 0 atom stereocenters. The van der Waals surface area contributed by atoms with Crippen molar-refractivity contribution in [3.05, 3.63) is 30.0 Å². The number of aryl methyl sites for hydroxylation is 1. The van der Waals surface area contributed by atoms with Gasteiger partial charge in [-0.1, -0.05) is 19.1 Å². The van der Waals surface area contributed by atoms with E-state index in [2.05, 4.69) is 28.6 Å². The lowest BCUT2D eigenvalue weighted by molar-refractivity contribution is 0.270. The number of piperazine rings is 1. The fraction of sp³-hybridized carbons (Fsp3) is 0.467. The van der Waals surface area contributed by atoms with Gasteiger partial charge in [-0.3, -0.25) is 0 Å². The maximum atomic E-state index is 4.79. The zero-order valence-electron chi connectivity index (χ0n) is 11.6. The van der Waals surface area contributed by atoms with E-state index in [1.807, 2.05) is 24.3 Å². The van der Waals surface area contributed by atoms with E-state index >= 15 is 0 Å². The zero-order valence-corrected chi connectivity index (χ0v) is 11.6. The van der Waals surface area contributed by atoms with Crippen LogP contribution in [0.25, 0.3) is 11.0 Å². The number of rotatable bonds is 2. The molecule has 3 rings (SSSR count). The van der Waals surface area contributed by atoms with Gasteiger partial charge in [-0.25, -0.2) is 9.97 Å². The molecule has 0 N–H and O–H groups in total. The Kier molecular flexibility index (Phi) is 3.34. The molecule has 1 aromatic carbocycles. The maximum absolute atomic E-state index is 4.79. The van der Waals surface area contributed by atoms with Crippen molar-refractivity contribution in [2.24, 2.45) is 0 Å². The Bertz CT molecular complexity index is 573. The van der Waals surface area contributed by atoms with E-state index in [1.165, 1.54) is 0 Å². The molecule has 1 aliphatic rings. The second kappa shape index (κ2) is 5.13. The maximum Gasteiger partial charge on any atom is 0.150 e. The number of hydrogen-bond acceptors (Lipinski definition) is 4. The normalized spacial score (nSPS) is 17.1. The Balaban J connectivity index is 1.90. The summed E-state index contributed by atoms with van der Waals surface area (Å²) >= 11 is 0. The van der Waals surface area contributed by atoms with Gasteiger partial charge in [0.05, 0.1) is 16.7 Å². The first-order valence-corrected chi connectivity index (χ1v) is 6.98. The van der Waals surface area contributed by atoms with Gasteiger partial charge in [0, 0.05) is 26.2 Å². The predicted molar refractivity (Wildman–Crippen MR) is 78.6 cm³/mol. The number of likely N-dealkylation sites (N-methyl/N-ethyl adjacent to an activating group) is 1. The Morgan fingerprint density at radius 3 is 2.26 bits per heavy atom. The standard InChI is InChI=1S/C15H20N4/c1-3-18-8-10-19(11-9-18)15-12(2)16-13-6-4-5-7-14(13)17-15/h4-7H,3,8-11H2,1-2H3. The van der Waals surface area contributed by atoms with Crippen molar-refractivity contribution in [1.29, 1.82) is 0 Å². The molecule has 19 heavy (non-hydrogen) atoms. The summed E-state index contributed by atoms with van der Waals surface area (Å²) in [7, 11) is 0. The Hall–Kier alpha value is -1.68. The molecule has 0 amide bonds. The third-order valence-corrected chi connectivity index (χ3v) is 3.84. The number of nitrogens with zero attached hydrogens (tertiary/aromatic N) is 4. The third kappa shape index (κ3) is 2.40. The highest BCUT2D eigenvalue weighted by Crippen LogP contribution is 2.21. The van der Waals surface area contributed by atoms with Crippen molar-refractivity contribution in [1.82, 2.24) is 14.9 Å². The minimum Gasteiger partial charge on any atom is -0.353 e. The molecule has 0 unspecified atom stereocenters. The van der Waals surface area contributed by atoms with Crippen molar-refractivity contribution < 1.29 is 0 Å². The van der Waals surface area contributed by atoms with Crippen molar-refractivity contribution >= 4 is 16.9 Å². The number of aromatic nitrogens is 2. The Labute approximate surface area is 114 Å². The summed E-state index contributed by atoms with van der Waals surface area (Å²) in [5, 5.41) is 0. The van der Waals surface area contributed by atoms with Crippen molar-refractivity contribution in [3.8, 4) is 0 Å². The number of benzene rings is 1. The summed E-state index contributed by atoms with van der Waals surface area (Å²) in [6.45, 7) is 9.73. The largest absolute Gasteiger partial charge is 0.353 e. The molecule has 0 spiro atoms. The highest BCUT2D eigenvalue weighted by atomic mass is 15.3. The van der Waals surface area contributed by atoms with Gasteiger partial charge in [-0.05, 0) is 25.6 Å². The molecule has 0 aliphatic carbocycles. The molecule has 0 bridgehead atoms. The van der Waals surface area contributed by atoms with E-state index in [0.29, 0.717) is 0 Å². The molecule has 0 radical (unpaired) electrons. The molecule has 1 fully saturated rings. The van der Waals surface area contributed by atoms with Crippen LogP contribution in [0.1, 0.15) is 12.6 Å². The van der Waals surface area contributed by atoms with Crippen LogP contribution in [0.3, 0.4) is 0 Å². The topological polar surface area (TPSA) is 32.3 Å². The van der Waals surface area contributed by atoms with Gasteiger partial charge < -0.3 is 9.80 Å². The van der Waals surface area contributed by atoms with E-state index in [-0.39, 0.29) is 0 Å². The average molecular weight is 256 g/mol. The van der Waals surface area contributed by atoms with Gasteiger partial charge >= 0.3 is 0 Å². The molecule has 100 valence electrons. The molecule has 1 saturated heterocycles. The van der Waals surface area contributed by atoms with Gasteiger partial charge in [-0.2, -0.15) is 0 Å². The van der Waals surface area contributed by atoms with Crippen LogP contribution in [-0.4, -0.2) is 47.6 Å². The molecule has 4 nitrogen and oxygen atoms in total. The van der Waals surface area contributed by atoms with Gasteiger partial charge in [0.25, 0.3) is 0 Å². The number of anilines is 1. The summed E-state index contributed by atoms with van der Waals surface area (Å²) in [5.41, 5.74) is 3.00. The lowest BCUT2D eigenvalue weighted by Gasteiger charge is -2.35. The highest BCUT2D eigenvalue weighted by Gasteiger charge is 2.19. The zero-order chi connectivity index (χ0) is 13.2. The molecule has 2 aromatic rings. The van der Waals surface area contributed by atoms with Crippen molar-refractivity contribution in [3.63, 3.8) is 0 Å². The Morgan fingerprint density at radius 2 is 1.63 bits per heavy atom. The summed E-state index contributed by atoms with van der Waals surface area (Å²) < 4.78 is 0. The molecule has 0 saturated carbocycles. The second-order valence-electron chi connectivity index (χ2n) is 5.04. The third-order valence-electron chi connectivity index (χ3n) is 3.84. The molecular formula is C15H20N4. The molecule has 1 aliphatic heterocycles. The highest BCUT2D eigenvalue weighted by molar-refractivity contribution is 5.76. The van der Waals surface area contributed by atoms with E-state index in [1.54, 1.807) is 0 Å². The van der Waals surface area contributed by atoms with E-state index in [4.69, 9.17) is 4.98 Å². The van der Waals surface area contributed by atoms with Crippen LogP contribution in [0.15, 0.2) is 24.3 Å². The summed E-state index contributed by atoms with van der Waals surface area (Å²) in [6, 6.07) is 8.09. The summed E-state index contributed by atoms with van der Waals surface area (Å²) in [5.74, 6) is 1.05. The van der Waals surface area contributed by atoms with Gasteiger partial charge in [0.15, 0.2) is 5.82 Å². The molecule has 2 heterocycles. The first kappa shape index (κ1) is 12.4. The second-order valence-corrected chi connectivity index (χ2v) is 5.04. The first-order chi connectivity index (χ1) is 9.28. The SMILES string of the molecule is CCN1CCN(c2nc3ccccc3nc2C)CC1. The fourth-order valence-corrected chi connectivity index (χ4v) is 2.65. The molecule has 1 aromatic heterocycles. The van der Waals surface area contributed by atoms with Crippen LogP contribution in [0.5, 0.6) is 0 Å². The van der Waals surface area contributed by atoms with Gasteiger partial charge in [0.1, 0.15) is 0 Å². The van der Waals surface area contributed by atoms with Crippen LogP contribution in [0.4, 0.5) is 5.82 Å². The fourth-order valence-electron chi connectivity index (χ4n) is 2.65. The van der Waals surface area contributed by atoms with Crippen LogP contribution < -0.4 is 4.90 Å². The van der Waals surface area contributed by atoms with E-state index in [9.17, 15) is 0 Å². The van der Waals surface area contributed by atoms with Crippen LogP contribution >= 0.6 is 0 Å². The predicted octanol–water partition coefficient (Wildman–Crippen LogP) is 2.08. The number of hydrogen-bond donors (Lipinski definition) is 0. The summed E-state index contributed by atoms with van der Waals surface area (Å²) in [4.78, 5) is 14.3. The number of para-hydroxylation sites is 2. The van der Waals surface area contributed by atoms with Crippen LogP contribution in [-0.2, 0) is 0 Å². The first-order valence-electron chi connectivity index (χ1n) is 6.98. The Morgan fingerprint density at radius 1 is 1.00 bits per heavy atom. The van der Waals surface area contributed by atoms with Crippen molar-refractivity contribution in [2.45, 2.75) is 13.8 Å². The van der Waals surface area contributed by atoms with Crippen LogP contribution in [0, 0.1) is 6.92 Å². The van der Waals surface area contributed by atoms with Gasteiger partial charge in [-0.15, -0.1) is 0 Å². The monoisotopic (exact) mass is 256 g/mol. The summed E-state index contributed by atoms with van der Waals surface area (Å²) in [6.07, 6.45) is 0. The van der Waals surface area contributed by atoms with Crippen LogP contribution in [0.2, 0.25) is 0 Å². The molecular weight excluding hydrogens is 236 g/mol. The quantitative estimate of drug-likeness (QED) is 0.823.